The van der Waals surface area contributed by atoms with E-state index in [1.165, 1.54) is 6.92 Å². The van der Waals surface area contributed by atoms with E-state index in [2.05, 4.69) is 4.74 Å². The highest BCUT2D eigenvalue weighted by Gasteiger charge is 2.48. The molecule has 0 aromatic carbocycles. The molecule has 0 aliphatic carbocycles. The lowest BCUT2D eigenvalue weighted by molar-refractivity contribution is -0.194. The molecule has 0 aromatic rings. The lowest BCUT2D eigenvalue weighted by Crippen LogP contribution is -2.56. The monoisotopic (exact) mass is 269 g/mol. The first kappa shape index (κ1) is 14.7. The van der Waals surface area contributed by atoms with Crippen molar-refractivity contribution in [2.75, 3.05) is 13.2 Å². The van der Waals surface area contributed by atoms with Gasteiger partial charge in [0.2, 0.25) is 0 Å². The molecule has 0 saturated carbocycles. The molecule has 1 amide bonds. The molecule has 1 aliphatic rings. The number of nitrogens with zero attached hydrogens (tertiary/aromatic N) is 1. The van der Waals surface area contributed by atoms with Crippen molar-refractivity contribution in [1.29, 1.82) is 0 Å². The number of carbonyl (C=O) groups is 2. The summed E-state index contributed by atoms with van der Waals surface area (Å²) in [6, 6.07) is -1.28. The number of likely N-dealkylation sites (tertiary alicyclic amines) is 1. The van der Waals surface area contributed by atoms with Crippen LogP contribution in [0.5, 0.6) is 0 Å². The summed E-state index contributed by atoms with van der Waals surface area (Å²) in [5, 5.41) is 9.31. The van der Waals surface area contributed by atoms with Gasteiger partial charge in [-0.1, -0.05) is 0 Å². The zero-order valence-corrected chi connectivity index (χ0v) is 9.74. The number of hydrogen-bond acceptors (Lipinski definition) is 4. The van der Waals surface area contributed by atoms with Crippen molar-refractivity contribution >= 4 is 11.9 Å². The number of hydrogen-bond donors (Lipinski definition) is 1. The van der Waals surface area contributed by atoms with Crippen molar-refractivity contribution in [1.82, 2.24) is 4.90 Å². The summed E-state index contributed by atoms with van der Waals surface area (Å²) in [7, 11) is 0. The highest BCUT2D eigenvalue weighted by molar-refractivity contribution is 5.88. The molecule has 1 heterocycles. The standard InChI is InChI=1S/C10H14F3NO4/c1-2-18-8(16)7-4-3-6(15)5-14(7)9(17)10(11,12)13/h6-7,15H,2-5H2,1H3/t6-,7-/m0/s1. The number of ether oxygens (including phenoxy) is 1. The fourth-order valence-corrected chi connectivity index (χ4v) is 1.82. The number of esters is 1. The molecule has 1 rings (SSSR count). The van der Waals surface area contributed by atoms with E-state index in [9.17, 15) is 27.9 Å². The van der Waals surface area contributed by atoms with Gasteiger partial charge in [-0.2, -0.15) is 13.2 Å². The quantitative estimate of drug-likeness (QED) is 0.740. The van der Waals surface area contributed by atoms with Crippen LogP contribution in [0.15, 0.2) is 0 Å². The predicted octanol–water partition coefficient (Wildman–Crippen LogP) is 0.464. The Kier molecular flexibility index (Phi) is 4.55. The Bertz CT molecular complexity index is 332. The Morgan fingerprint density at radius 3 is 2.50 bits per heavy atom. The van der Waals surface area contributed by atoms with Gasteiger partial charge in [-0.3, -0.25) is 4.79 Å². The molecule has 18 heavy (non-hydrogen) atoms. The highest BCUT2D eigenvalue weighted by Crippen LogP contribution is 2.25. The van der Waals surface area contributed by atoms with Crippen LogP contribution >= 0.6 is 0 Å². The Hall–Kier alpha value is -1.31. The summed E-state index contributed by atoms with van der Waals surface area (Å²) < 4.78 is 41.7. The van der Waals surface area contributed by atoms with E-state index in [-0.39, 0.29) is 19.4 Å². The van der Waals surface area contributed by atoms with Crippen LogP contribution in [0.3, 0.4) is 0 Å². The molecule has 0 radical (unpaired) electrons. The van der Waals surface area contributed by atoms with E-state index in [1.807, 2.05) is 0 Å². The summed E-state index contributed by atoms with van der Waals surface area (Å²) in [6.07, 6.45) is -6.00. The summed E-state index contributed by atoms with van der Waals surface area (Å²) >= 11 is 0. The third-order valence-electron chi connectivity index (χ3n) is 2.62. The maximum Gasteiger partial charge on any atom is 0.471 e. The second-order valence-electron chi connectivity index (χ2n) is 3.95. The first-order chi connectivity index (χ1) is 8.27. The zero-order valence-electron chi connectivity index (χ0n) is 9.74. The number of piperidine rings is 1. The van der Waals surface area contributed by atoms with Gasteiger partial charge >= 0.3 is 18.1 Å². The molecule has 0 unspecified atom stereocenters. The van der Waals surface area contributed by atoms with Crippen molar-refractivity contribution in [3.63, 3.8) is 0 Å². The van der Waals surface area contributed by atoms with Crippen LogP contribution in [0.2, 0.25) is 0 Å². The number of aliphatic hydroxyl groups is 1. The number of amides is 1. The van der Waals surface area contributed by atoms with Gasteiger partial charge in [-0.15, -0.1) is 0 Å². The Morgan fingerprint density at radius 2 is 2.00 bits per heavy atom. The summed E-state index contributed by atoms with van der Waals surface area (Å²) in [5.74, 6) is -3.00. The van der Waals surface area contributed by atoms with Gasteiger partial charge in [0.25, 0.3) is 0 Å². The fourth-order valence-electron chi connectivity index (χ4n) is 1.82. The van der Waals surface area contributed by atoms with E-state index in [0.717, 1.165) is 0 Å². The summed E-state index contributed by atoms with van der Waals surface area (Å²) in [4.78, 5) is 23.0. The average molecular weight is 269 g/mol. The van der Waals surface area contributed by atoms with Crippen LogP contribution in [0.1, 0.15) is 19.8 Å². The van der Waals surface area contributed by atoms with E-state index in [0.29, 0.717) is 4.90 Å². The maximum atomic E-state index is 12.4. The normalized spacial score (nSPS) is 24.8. The molecular formula is C10H14F3NO4. The molecule has 8 heteroatoms. The topological polar surface area (TPSA) is 66.8 Å². The van der Waals surface area contributed by atoms with Gasteiger partial charge in [0.05, 0.1) is 12.7 Å². The number of rotatable bonds is 2. The van der Waals surface area contributed by atoms with E-state index in [1.54, 1.807) is 0 Å². The Balaban J connectivity index is 2.86. The van der Waals surface area contributed by atoms with E-state index >= 15 is 0 Å². The van der Waals surface area contributed by atoms with Crippen LogP contribution in [-0.2, 0) is 14.3 Å². The lowest BCUT2D eigenvalue weighted by Gasteiger charge is -2.36. The Labute approximate surface area is 102 Å². The second-order valence-corrected chi connectivity index (χ2v) is 3.95. The van der Waals surface area contributed by atoms with Crippen molar-refractivity contribution in [2.45, 2.75) is 38.1 Å². The molecule has 104 valence electrons. The van der Waals surface area contributed by atoms with Gasteiger partial charge in [-0.25, -0.2) is 4.79 Å². The van der Waals surface area contributed by atoms with E-state index in [4.69, 9.17) is 0 Å². The first-order valence-corrected chi connectivity index (χ1v) is 5.49. The number of β-amino-alcohol motifs (C(OH)–C–C–N with tert-alkyl or cyclic N) is 1. The summed E-state index contributed by atoms with van der Waals surface area (Å²) in [6.45, 7) is 1.03. The number of alkyl halides is 3. The molecule has 2 atom stereocenters. The highest BCUT2D eigenvalue weighted by atomic mass is 19.4. The zero-order chi connectivity index (χ0) is 13.9. The third kappa shape index (κ3) is 3.34. The first-order valence-electron chi connectivity index (χ1n) is 5.49. The fraction of sp³-hybridized carbons (Fsp3) is 0.800. The molecule has 1 N–H and O–H groups in total. The van der Waals surface area contributed by atoms with Gasteiger partial charge in [0.15, 0.2) is 0 Å². The van der Waals surface area contributed by atoms with Crippen LogP contribution in [-0.4, -0.2) is 53.4 Å². The largest absolute Gasteiger partial charge is 0.471 e. The van der Waals surface area contributed by atoms with Crippen molar-refractivity contribution in [2.24, 2.45) is 0 Å². The number of carbonyl (C=O) groups excluding carboxylic acids is 2. The van der Waals surface area contributed by atoms with Gasteiger partial charge < -0.3 is 14.7 Å². The SMILES string of the molecule is CCOC(=O)[C@@H]1CC[C@H](O)CN1C(=O)C(F)(F)F. The van der Waals surface area contributed by atoms with Gasteiger partial charge in [-0.05, 0) is 19.8 Å². The van der Waals surface area contributed by atoms with Crippen LogP contribution in [0.4, 0.5) is 13.2 Å². The molecule has 0 bridgehead atoms. The number of aliphatic hydroxyl groups excluding tert-OH is 1. The van der Waals surface area contributed by atoms with Crippen molar-refractivity contribution < 1.29 is 32.6 Å². The average Bonchev–Trinajstić information content (AvgIpc) is 2.26. The summed E-state index contributed by atoms with van der Waals surface area (Å²) in [5.41, 5.74) is 0. The minimum atomic E-state index is -5.07. The van der Waals surface area contributed by atoms with Crippen molar-refractivity contribution in [3.8, 4) is 0 Å². The van der Waals surface area contributed by atoms with E-state index < -0.39 is 36.7 Å². The second kappa shape index (κ2) is 5.55. The molecule has 1 aliphatic heterocycles. The minimum absolute atomic E-state index is 0.0198. The molecule has 1 saturated heterocycles. The number of halogens is 3. The van der Waals surface area contributed by atoms with Gasteiger partial charge in [0, 0.05) is 6.54 Å². The predicted molar refractivity (Wildman–Crippen MR) is 53.4 cm³/mol. The molecule has 5 nitrogen and oxygen atoms in total. The molecular weight excluding hydrogens is 255 g/mol. The minimum Gasteiger partial charge on any atom is -0.464 e. The lowest BCUT2D eigenvalue weighted by atomic mass is 10.00. The van der Waals surface area contributed by atoms with Crippen LogP contribution < -0.4 is 0 Å². The molecule has 0 spiro atoms. The molecule has 1 fully saturated rings. The molecule has 0 aromatic heterocycles. The maximum absolute atomic E-state index is 12.4. The van der Waals surface area contributed by atoms with Crippen molar-refractivity contribution in [3.05, 3.63) is 0 Å². The Morgan fingerprint density at radius 1 is 1.39 bits per heavy atom. The van der Waals surface area contributed by atoms with Crippen LogP contribution in [0, 0.1) is 0 Å². The van der Waals surface area contributed by atoms with Gasteiger partial charge in [0.1, 0.15) is 6.04 Å². The smallest absolute Gasteiger partial charge is 0.464 e. The van der Waals surface area contributed by atoms with Crippen LogP contribution in [0.25, 0.3) is 0 Å². The third-order valence-corrected chi connectivity index (χ3v) is 2.62.